The number of Topliss-reactive ketones (excluding diaryl/α,β-unsaturated/α-hetero) is 2. The fourth-order valence-electron chi connectivity index (χ4n) is 3.56. The summed E-state index contributed by atoms with van der Waals surface area (Å²) >= 11 is 2.05. The van der Waals surface area contributed by atoms with Gasteiger partial charge in [-0.1, -0.05) is 24.3 Å². The van der Waals surface area contributed by atoms with Gasteiger partial charge in [-0.25, -0.2) is 9.59 Å². The van der Waals surface area contributed by atoms with Crippen molar-refractivity contribution in [2.45, 2.75) is 13.8 Å². The highest BCUT2D eigenvalue weighted by Gasteiger charge is 2.36. The predicted octanol–water partition coefficient (Wildman–Crippen LogP) is 4.81. The number of hydrogen-bond donors (Lipinski definition) is 2. The molecule has 0 fully saturated rings. The van der Waals surface area contributed by atoms with Gasteiger partial charge in [-0.2, -0.15) is 0 Å². The smallest absolute Gasteiger partial charge is 0.345 e. The van der Waals surface area contributed by atoms with Crippen LogP contribution in [0.25, 0.3) is 11.1 Å². The normalized spacial score (nSPS) is 13.5. The molecule has 2 heterocycles. The Morgan fingerprint density at radius 3 is 1.37 bits per heavy atom. The summed E-state index contributed by atoms with van der Waals surface area (Å²) in [7, 11) is 0. The minimum Gasteiger partial charge on any atom is -0.477 e. The zero-order valence-electron chi connectivity index (χ0n) is 15.8. The van der Waals surface area contributed by atoms with Gasteiger partial charge in [0.2, 0.25) is 0 Å². The van der Waals surface area contributed by atoms with Crippen LogP contribution in [0.5, 0.6) is 0 Å². The summed E-state index contributed by atoms with van der Waals surface area (Å²) in [4.78, 5) is 51.1. The quantitative estimate of drug-likeness (QED) is 0.605. The molecule has 8 heteroatoms. The molecule has 0 saturated heterocycles. The van der Waals surface area contributed by atoms with Gasteiger partial charge in [0.25, 0.3) is 0 Å². The van der Waals surface area contributed by atoms with E-state index in [1.54, 1.807) is 38.1 Å². The van der Waals surface area contributed by atoms with Crippen molar-refractivity contribution in [3.8, 4) is 0 Å². The number of aryl methyl sites for hydroxylation is 2. The molecule has 0 aliphatic heterocycles. The number of carboxylic acid groups (broad SMARTS) is 2. The number of rotatable bonds is 4. The van der Waals surface area contributed by atoms with Gasteiger partial charge in [0, 0.05) is 43.2 Å². The van der Waals surface area contributed by atoms with Crippen molar-refractivity contribution in [1.82, 2.24) is 0 Å². The van der Waals surface area contributed by atoms with Crippen molar-refractivity contribution in [3.63, 3.8) is 0 Å². The molecule has 1 aromatic carbocycles. The summed E-state index contributed by atoms with van der Waals surface area (Å²) in [5, 5.41) is 18.7. The molecule has 6 nitrogen and oxygen atoms in total. The van der Waals surface area contributed by atoms with Crippen molar-refractivity contribution in [1.29, 1.82) is 0 Å². The first-order chi connectivity index (χ1) is 14.2. The lowest BCUT2D eigenvalue weighted by molar-refractivity contribution is 0.0691. The van der Waals surface area contributed by atoms with Crippen LogP contribution in [0.1, 0.15) is 60.9 Å². The van der Waals surface area contributed by atoms with Gasteiger partial charge in [0.1, 0.15) is 9.75 Å². The molecule has 2 N–H and O–H groups in total. The lowest BCUT2D eigenvalue weighted by Gasteiger charge is -2.21. The molecule has 0 bridgehead atoms. The topological polar surface area (TPSA) is 109 Å². The van der Waals surface area contributed by atoms with Crippen LogP contribution in [0, 0.1) is 13.8 Å². The number of aromatic carboxylic acids is 2. The highest BCUT2D eigenvalue weighted by molar-refractivity contribution is 7.14. The van der Waals surface area contributed by atoms with E-state index < -0.39 is 11.9 Å². The number of allylic oxidation sites excluding steroid dienone is 2. The minimum atomic E-state index is -1.12. The first kappa shape index (κ1) is 19.9. The van der Waals surface area contributed by atoms with E-state index in [-0.39, 0.29) is 43.6 Å². The zero-order chi connectivity index (χ0) is 21.7. The molecule has 1 aliphatic carbocycles. The van der Waals surface area contributed by atoms with Crippen LogP contribution >= 0.6 is 22.7 Å². The molecule has 150 valence electrons. The van der Waals surface area contributed by atoms with Crippen LogP contribution in [-0.4, -0.2) is 33.7 Å². The summed E-state index contributed by atoms with van der Waals surface area (Å²) in [6, 6.07) is 9.25. The Morgan fingerprint density at radius 1 is 0.700 bits per heavy atom. The second-order valence-corrected chi connectivity index (χ2v) is 9.24. The Balaban J connectivity index is 2.08. The van der Waals surface area contributed by atoms with E-state index in [9.17, 15) is 29.4 Å². The van der Waals surface area contributed by atoms with Crippen molar-refractivity contribution >= 4 is 57.3 Å². The standard InChI is InChI=1S/C22H14O6S2/c1-9-13(7-15(29-9)21(25)26)17-18(14-8-16(22(27)28)30-10(14)2)20(24)12-6-4-3-5-11(12)19(17)23/h3-8H,1-2H3,(H,25,26)(H,27,28). The van der Waals surface area contributed by atoms with E-state index in [2.05, 4.69) is 0 Å². The molecule has 0 saturated carbocycles. The molecule has 30 heavy (non-hydrogen) atoms. The monoisotopic (exact) mass is 438 g/mol. The number of hydrogen-bond acceptors (Lipinski definition) is 6. The molecule has 4 rings (SSSR count). The van der Waals surface area contributed by atoms with Gasteiger partial charge >= 0.3 is 11.9 Å². The van der Waals surface area contributed by atoms with Gasteiger partial charge < -0.3 is 10.2 Å². The van der Waals surface area contributed by atoms with E-state index in [1.807, 2.05) is 0 Å². The maximum Gasteiger partial charge on any atom is 0.345 e. The third-order valence-corrected chi connectivity index (χ3v) is 6.99. The van der Waals surface area contributed by atoms with Crippen molar-refractivity contribution in [2.75, 3.05) is 0 Å². The molecule has 0 spiro atoms. The Labute approximate surface area is 178 Å². The van der Waals surface area contributed by atoms with E-state index >= 15 is 0 Å². The van der Waals surface area contributed by atoms with Crippen LogP contribution < -0.4 is 0 Å². The molecular formula is C22H14O6S2. The Hall–Kier alpha value is -3.36. The molecule has 0 unspecified atom stereocenters. The van der Waals surface area contributed by atoms with Crippen molar-refractivity contribution < 1.29 is 29.4 Å². The second kappa shape index (κ2) is 7.16. The number of fused-ring (bicyclic) bond motifs is 1. The molecule has 0 radical (unpaired) electrons. The number of thiophene rings is 2. The first-order valence-electron chi connectivity index (χ1n) is 8.81. The fourth-order valence-corrected chi connectivity index (χ4v) is 5.29. The van der Waals surface area contributed by atoms with Crippen LogP contribution in [0.3, 0.4) is 0 Å². The average Bonchev–Trinajstić information content (AvgIpc) is 3.27. The number of carbonyl (C=O) groups is 4. The molecule has 1 aliphatic rings. The number of carboxylic acids is 2. The van der Waals surface area contributed by atoms with Gasteiger partial charge in [-0.3, -0.25) is 9.59 Å². The third kappa shape index (κ3) is 3.01. The van der Waals surface area contributed by atoms with E-state index in [1.165, 1.54) is 12.1 Å². The lowest BCUT2D eigenvalue weighted by Crippen LogP contribution is -2.21. The Kier molecular flexibility index (Phi) is 4.76. The Bertz CT molecular complexity index is 1210. The lowest BCUT2D eigenvalue weighted by atomic mass is 9.78. The molecule has 2 aromatic heterocycles. The maximum absolute atomic E-state index is 13.5. The van der Waals surface area contributed by atoms with Crippen LogP contribution in [0.4, 0.5) is 0 Å². The fraction of sp³-hybridized carbons (Fsp3) is 0.0909. The number of benzene rings is 1. The SMILES string of the molecule is Cc1sc(C(=O)O)cc1C1=C(c2cc(C(=O)O)sc2C)C(=O)c2ccccc2C1=O. The van der Waals surface area contributed by atoms with Crippen molar-refractivity contribution in [2.24, 2.45) is 0 Å². The Morgan fingerprint density at radius 2 is 1.07 bits per heavy atom. The number of ketones is 2. The molecule has 0 amide bonds. The minimum absolute atomic E-state index is 0.0572. The molecular weight excluding hydrogens is 424 g/mol. The average molecular weight is 438 g/mol. The molecule has 0 atom stereocenters. The summed E-state index contributed by atoms with van der Waals surface area (Å²) in [5.74, 6) is -3.02. The van der Waals surface area contributed by atoms with Crippen LogP contribution in [0.2, 0.25) is 0 Å². The zero-order valence-corrected chi connectivity index (χ0v) is 17.4. The number of carbonyl (C=O) groups excluding carboxylic acids is 2. The van der Waals surface area contributed by atoms with Gasteiger partial charge in [0.05, 0.1) is 0 Å². The van der Waals surface area contributed by atoms with Crippen LogP contribution in [-0.2, 0) is 0 Å². The van der Waals surface area contributed by atoms with Gasteiger partial charge in [-0.05, 0) is 26.0 Å². The van der Waals surface area contributed by atoms with E-state index in [0.29, 0.717) is 20.9 Å². The van der Waals surface area contributed by atoms with E-state index in [0.717, 1.165) is 22.7 Å². The maximum atomic E-state index is 13.5. The summed E-state index contributed by atoms with van der Waals surface area (Å²) < 4.78 is 0. The summed E-state index contributed by atoms with van der Waals surface area (Å²) in [5.41, 5.74) is 1.46. The third-order valence-electron chi connectivity index (χ3n) is 4.92. The second-order valence-electron chi connectivity index (χ2n) is 6.73. The highest BCUT2D eigenvalue weighted by atomic mass is 32.1. The van der Waals surface area contributed by atoms with Crippen molar-refractivity contribution in [3.05, 3.63) is 78.2 Å². The highest BCUT2D eigenvalue weighted by Crippen LogP contribution is 2.42. The largest absolute Gasteiger partial charge is 0.477 e. The van der Waals surface area contributed by atoms with Gasteiger partial charge in [0.15, 0.2) is 11.6 Å². The van der Waals surface area contributed by atoms with Crippen LogP contribution in [0.15, 0.2) is 36.4 Å². The predicted molar refractivity (Wildman–Crippen MR) is 114 cm³/mol. The summed E-state index contributed by atoms with van der Waals surface area (Å²) in [6.07, 6.45) is 0. The first-order valence-corrected chi connectivity index (χ1v) is 10.4. The van der Waals surface area contributed by atoms with Gasteiger partial charge in [-0.15, -0.1) is 22.7 Å². The summed E-state index contributed by atoms with van der Waals surface area (Å²) in [6.45, 7) is 3.39. The molecule has 3 aromatic rings. The van der Waals surface area contributed by atoms with E-state index in [4.69, 9.17) is 0 Å².